The lowest BCUT2D eigenvalue weighted by Crippen LogP contribution is -2.29. The molecule has 2 N–H and O–H groups in total. The highest BCUT2D eigenvalue weighted by atomic mass is 35.5. The number of rotatable bonds is 6. The molecule has 0 saturated carbocycles. The molecule has 15 heavy (non-hydrogen) atoms. The monoisotopic (exact) mass is 224 g/mol. The molecule has 0 heterocycles. The van der Waals surface area contributed by atoms with Crippen molar-refractivity contribution >= 4 is 11.6 Å². The fourth-order valence-electron chi connectivity index (χ4n) is 1.47. The van der Waals surface area contributed by atoms with Gasteiger partial charge >= 0.3 is 0 Å². The van der Waals surface area contributed by atoms with Gasteiger partial charge in [-0.05, 0) is 11.6 Å². The SMILES string of the molecule is C=CCN(CCN)Cc1ccccc1Cl. The predicted octanol–water partition coefficient (Wildman–Crippen LogP) is 2.29. The van der Waals surface area contributed by atoms with Crippen molar-refractivity contribution in [3.63, 3.8) is 0 Å². The van der Waals surface area contributed by atoms with E-state index in [-0.39, 0.29) is 0 Å². The van der Waals surface area contributed by atoms with Crippen LogP contribution in [0.25, 0.3) is 0 Å². The Morgan fingerprint density at radius 1 is 1.40 bits per heavy atom. The second-order valence-electron chi connectivity index (χ2n) is 3.40. The highest BCUT2D eigenvalue weighted by molar-refractivity contribution is 6.31. The van der Waals surface area contributed by atoms with Crippen LogP contribution >= 0.6 is 11.6 Å². The van der Waals surface area contributed by atoms with Crippen LogP contribution in [0.1, 0.15) is 5.56 Å². The van der Waals surface area contributed by atoms with E-state index in [1.54, 1.807) is 0 Å². The zero-order valence-electron chi connectivity index (χ0n) is 8.82. The highest BCUT2D eigenvalue weighted by Gasteiger charge is 2.05. The molecule has 1 aromatic carbocycles. The van der Waals surface area contributed by atoms with Gasteiger partial charge in [-0.2, -0.15) is 0 Å². The number of halogens is 1. The van der Waals surface area contributed by atoms with Gasteiger partial charge in [0.05, 0.1) is 0 Å². The van der Waals surface area contributed by atoms with E-state index < -0.39 is 0 Å². The van der Waals surface area contributed by atoms with Crippen LogP contribution in [-0.2, 0) is 6.54 Å². The fraction of sp³-hybridized carbons (Fsp3) is 0.333. The topological polar surface area (TPSA) is 29.3 Å². The molecular weight excluding hydrogens is 208 g/mol. The quantitative estimate of drug-likeness (QED) is 0.752. The Balaban J connectivity index is 2.64. The molecule has 82 valence electrons. The Kier molecular flexibility index (Phi) is 5.40. The summed E-state index contributed by atoms with van der Waals surface area (Å²) in [6, 6.07) is 7.88. The molecule has 0 aliphatic heterocycles. The van der Waals surface area contributed by atoms with Crippen LogP contribution in [0.3, 0.4) is 0 Å². The van der Waals surface area contributed by atoms with Crippen LogP contribution in [0.4, 0.5) is 0 Å². The molecule has 0 aliphatic carbocycles. The molecule has 0 amide bonds. The second-order valence-corrected chi connectivity index (χ2v) is 3.81. The van der Waals surface area contributed by atoms with Crippen molar-refractivity contribution in [1.29, 1.82) is 0 Å². The molecule has 2 nitrogen and oxygen atoms in total. The number of hydrogen-bond acceptors (Lipinski definition) is 2. The van der Waals surface area contributed by atoms with Crippen molar-refractivity contribution in [2.45, 2.75) is 6.54 Å². The van der Waals surface area contributed by atoms with Gasteiger partial charge in [0.25, 0.3) is 0 Å². The van der Waals surface area contributed by atoms with Crippen molar-refractivity contribution in [2.24, 2.45) is 5.73 Å². The zero-order valence-corrected chi connectivity index (χ0v) is 9.58. The maximum absolute atomic E-state index is 6.08. The van der Waals surface area contributed by atoms with Gasteiger partial charge in [0.2, 0.25) is 0 Å². The van der Waals surface area contributed by atoms with Crippen molar-refractivity contribution < 1.29 is 0 Å². The summed E-state index contributed by atoms with van der Waals surface area (Å²) in [5.41, 5.74) is 6.68. The average molecular weight is 225 g/mol. The number of benzene rings is 1. The first-order valence-electron chi connectivity index (χ1n) is 5.04. The molecule has 0 bridgehead atoms. The van der Waals surface area contributed by atoms with E-state index in [4.69, 9.17) is 17.3 Å². The third kappa shape index (κ3) is 4.04. The lowest BCUT2D eigenvalue weighted by atomic mass is 10.2. The molecule has 0 aromatic heterocycles. The number of nitrogens with two attached hydrogens (primary N) is 1. The van der Waals surface area contributed by atoms with Crippen LogP contribution in [0.2, 0.25) is 5.02 Å². The third-order valence-corrected chi connectivity index (χ3v) is 2.55. The molecule has 0 unspecified atom stereocenters. The Morgan fingerprint density at radius 3 is 2.73 bits per heavy atom. The average Bonchev–Trinajstić information content (AvgIpc) is 2.22. The standard InChI is InChI=1S/C12H17ClN2/c1-2-8-15(9-7-14)10-11-5-3-4-6-12(11)13/h2-6H,1,7-10,14H2. The molecule has 0 aliphatic rings. The molecule has 0 fully saturated rings. The van der Waals surface area contributed by atoms with E-state index in [0.29, 0.717) is 6.54 Å². The Bertz CT molecular complexity index is 312. The summed E-state index contributed by atoms with van der Waals surface area (Å²) in [5.74, 6) is 0. The smallest absolute Gasteiger partial charge is 0.0451 e. The maximum atomic E-state index is 6.08. The molecule has 1 rings (SSSR count). The molecular formula is C12H17ClN2. The van der Waals surface area contributed by atoms with Gasteiger partial charge in [0, 0.05) is 31.2 Å². The summed E-state index contributed by atoms with van der Waals surface area (Å²) >= 11 is 6.08. The van der Waals surface area contributed by atoms with E-state index in [0.717, 1.165) is 30.2 Å². The van der Waals surface area contributed by atoms with Crippen molar-refractivity contribution in [1.82, 2.24) is 4.90 Å². The summed E-state index contributed by atoms with van der Waals surface area (Å²) in [5, 5.41) is 0.809. The van der Waals surface area contributed by atoms with Gasteiger partial charge in [-0.25, -0.2) is 0 Å². The highest BCUT2D eigenvalue weighted by Crippen LogP contribution is 2.16. The Morgan fingerprint density at radius 2 is 2.13 bits per heavy atom. The van der Waals surface area contributed by atoms with E-state index >= 15 is 0 Å². The normalized spacial score (nSPS) is 10.6. The van der Waals surface area contributed by atoms with Gasteiger partial charge in [-0.1, -0.05) is 35.9 Å². The second kappa shape index (κ2) is 6.62. The van der Waals surface area contributed by atoms with Crippen LogP contribution in [0, 0.1) is 0 Å². The first-order chi connectivity index (χ1) is 7.27. The summed E-state index contributed by atoms with van der Waals surface area (Å²) < 4.78 is 0. The van der Waals surface area contributed by atoms with Crippen LogP contribution in [-0.4, -0.2) is 24.5 Å². The summed E-state index contributed by atoms with van der Waals surface area (Å²) in [6.07, 6.45) is 1.88. The van der Waals surface area contributed by atoms with E-state index in [2.05, 4.69) is 11.5 Å². The lowest BCUT2D eigenvalue weighted by molar-refractivity contribution is 0.303. The van der Waals surface area contributed by atoms with Gasteiger partial charge in [0.1, 0.15) is 0 Å². The van der Waals surface area contributed by atoms with E-state index in [1.165, 1.54) is 0 Å². The largest absolute Gasteiger partial charge is 0.329 e. The van der Waals surface area contributed by atoms with Crippen LogP contribution in [0.5, 0.6) is 0 Å². The summed E-state index contributed by atoms with van der Waals surface area (Å²) in [7, 11) is 0. The minimum absolute atomic E-state index is 0.651. The Hall–Kier alpha value is -0.830. The van der Waals surface area contributed by atoms with E-state index in [9.17, 15) is 0 Å². The number of hydrogen-bond donors (Lipinski definition) is 1. The maximum Gasteiger partial charge on any atom is 0.0451 e. The lowest BCUT2D eigenvalue weighted by Gasteiger charge is -2.20. The minimum Gasteiger partial charge on any atom is -0.329 e. The molecule has 0 spiro atoms. The first kappa shape index (κ1) is 12.2. The van der Waals surface area contributed by atoms with Crippen molar-refractivity contribution in [2.75, 3.05) is 19.6 Å². The summed E-state index contributed by atoms with van der Waals surface area (Å²) in [6.45, 7) is 6.90. The van der Waals surface area contributed by atoms with Crippen LogP contribution < -0.4 is 5.73 Å². The summed E-state index contributed by atoms with van der Waals surface area (Å²) in [4.78, 5) is 2.22. The zero-order chi connectivity index (χ0) is 11.1. The first-order valence-corrected chi connectivity index (χ1v) is 5.42. The Labute approximate surface area is 96.3 Å². The van der Waals surface area contributed by atoms with Gasteiger partial charge in [0.15, 0.2) is 0 Å². The molecule has 1 aromatic rings. The minimum atomic E-state index is 0.651. The van der Waals surface area contributed by atoms with Gasteiger partial charge in [-0.15, -0.1) is 6.58 Å². The van der Waals surface area contributed by atoms with E-state index in [1.807, 2.05) is 30.3 Å². The molecule has 0 saturated heterocycles. The van der Waals surface area contributed by atoms with Gasteiger partial charge < -0.3 is 5.73 Å². The molecule has 0 radical (unpaired) electrons. The third-order valence-electron chi connectivity index (χ3n) is 2.18. The molecule has 3 heteroatoms. The van der Waals surface area contributed by atoms with Gasteiger partial charge in [-0.3, -0.25) is 4.90 Å². The molecule has 0 atom stereocenters. The van der Waals surface area contributed by atoms with Crippen molar-refractivity contribution in [3.05, 3.63) is 47.5 Å². The van der Waals surface area contributed by atoms with Crippen LogP contribution in [0.15, 0.2) is 36.9 Å². The predicted molar refractivity (Wildman–Crippen MR) is 66.0 cm³/mol. The number of nitrogens with zero attached hydrogens (tertiary/aromatic N) is 1. The van der Waals surface area contributed by atoms with Crippen molar-refractivity contribution in [3.8, 4) is 0 Å². The fourth-order valence-corrected chi connectivity index (χ4v) is 1.66.